The van der Waals surface area contributed by atoms with Gasteiger partial charge in [0.1, 0.15) is 5.52 Å². The first-order valence-electron chi connectivity index (χ1n) is 6.76. The Morgan fingerprint density at radius 3 is 2.65 bits per heavy atom. The first kappa shape index (κ1) is 15.5. The summed E-state index contributed by atoms with van der Waals surface area (Å²) >= 11 is 10.9. The SMILES string of the molecule is CC(=O)NC(=S)Nc1ccc2oc(-c3ccc(Cl)cc3)nc2c1. The summed E-state index contributed by atoms with van der Waals surface area (Å²) in [5.41, 5.74) is 2.90. The molecule has 1 aromatic heterocycles. The van der Waals surface area contributed by atoms with Crippen molar-refractivity contribution in [2.75, 3.05) is 5.32 Å². The van der Waals surface area contributed by atoms with Gasteiger partial charge in [-0.3, -0.25) is 4.79 Å². The monoisotopic (exact) mass is 345 g/mol. The summed E-state index contributed by atoms with van der Waals surface area (Å²) < 4.78 is 5.73. The second kappa shape index (κ2) is 6.36. The predicted octanol–water partition coefficient (Wildman–Crippen LogP) is 3.98. The molecule has 0 unspecified atom stereocenters. The number of amides is 1. The van der Waals surface area contributed by atoms with Gasteiger partial charge in [0.15, 0.2) is 10.7 Å². The minimum absolute atomic E-state index is 0.227. The molecule has 0 saturated heterocycles. The van der Waals surface area contributed by atoms with Crippen LogP contribution < -0.4 is 10.6 Å². The molecule has 0 aliphatic heterocycles. The minimum atomic E-state index is -0.227. The average Bonchev–Trinajstić information content (AvgIpc) is 2.90. The van der Waals surface area contributed by atoms with E-state index in [0.717, 1.165) is 5.56 Å². The molecule has 3 aromatic rings. The first-order chi connectivity index (χ1) is 11.0. The van der Waals surface area contributed by atoms with Gasteiger partial charge < -0.3 is 15.1 Å². The molecule has 1 amide bonds. The van der Waals surface area contributed by atoms with Crippen molar-refractivity contribution in [3.63, 3.8) is 0 Å². The molecule has 0 aliphatic carbocycles. The molecule has 23 heavy (non-hydrogen) atoms. The topological polar surface area (TPSA) is 67.2 Å². The number of oxazole rings is 1. The van der Waals surface area contributed by atoms with E-state index in [0.29, 0.717) is 27.7 Å². The normalized spacial score (nSPS) is 10.5. The van der Waals surface area contributed by atoms with Crippen LogP contribution in [0.4, 0.5) is 5.69 Å². The summed E-state index contributed by atoms with van der Waals surface area (Å²) in [7, 11) is 0. The van der Waals surface area contributed by atoms with Crippen LogP contribution in [0, 0.1) is 0 Å². The van der Waals surface area contributed by atoms with E-state index in [2.05, 4.69) is 15.6 Å². The Hall–Kier alpha value is -2.44. The van der Waals surface area contributed by atoms with Crippen LogP contribution in [0.15, 0.2) is 46.9 Å². The van der Waals surface area contributed by atoms with Crippen LogP contribution in [0.1, 0.15) is 6.92 Å². The fourth-order valence-corrected chi connectivity index (χ4v) is 2.43. The maximum atomic E-state index is 11.0. The molecule has 5 nitrogen and oxygen atoms in total. The van der Waals surface area contributed by atoms with Gasteiger partial charge in [-0.15, -0.1) is 0 Å². The lowest BCUT2D eigenvalue weighted by Gasteiger charge is -2.07. The highest BCUT2D eigenvalue weighted by Gasteiger charge is 2.09. The quantitative estimate of drug-likeness (QED) is 0.688. The highest BCUT2D eigenvalue weighted by Crippen LogP contribution is 2.27. The Kier molecular flexibility index (Phi) is 4.27. The molecular weight excluding hydrogens is 334 g/mol. The Morgan fingerprint density at radius 2 is 1.96 bits per heavy atom. The van der Waals surface area contributed by atoms with Crippen LogP contribution in [0.2, 0.25) is 5.02 Å². The van der Waals surface area contributed by atoms with Gasteiger partial charge in [-0.25, -0.2) is 4.98 Å². The van der Waals surface area contributed by atoms with Gasteiger partial charge in [0, 0.05) is 23.2 Å². The number of hydrogen-bond acceptors (Lipinski definition) is 4. The molecule has 116 valence electrons. The summed E-state index contributed by atoms with van der Waals surface area (Å²) in [6.45, 7) is 1.40. The summed E-state index contributed by atoms with van der Waals surface area (Å²) in [4.78, 5) is 15.4. The molecule has 0 radical (unpaired) electrons. The summed E-state index contributed by atoms with van der Waals surface area (Å²) in [6.07, 6.45) is 0. The van der Waals surface area contributed by atoms with E-state index < -0.39 is 0 Å². The number of carbonyl (C=O) groups excluding carboxylic acids is 1. The number of benzene rings is 2. The standard InChI is InChI=1S/C16H12ClN3O2S/c1-9(21)18-16(23)19-12-6-7-14-13(8-12)20-15(22-14)10-2-4-11(17)5-3-10/h2-8H,1H3,(H2,18,19,21,23). The zero-order valence-corrected chi connectivity index (χ0v) is 13.7. The number of hydrogen-bond donors (Lipinski definition) is 2. The number of nitrogens with zero attached hydrogens (tertiary/aromatic N) is 1. The van der Waals surface area contributed by atoms with Crippen molar-refractivity contribution in [3.8, 4) is 11.5 Å². The van der Waals surface area contributed by atoms with E-state index in [1.165, 1.54) is 6.92 Å². The molecule has 2 aromatic carbocycles. The lowest BCUT2D eigenvalue weighted by Crippen LogP contribution is -2.32. The smallest absolute Gasteiger partial charge is 0.227 e. The first-order valence-corrected chi connectivity index (χ1v) is 7.55. The third kappa shape index (κ3) is 3.67. The number of thiocarbonyl (C=S) groups is 1. The lowest BCUT2D eigenvalue weighted by atomic mass is 10.2. The number of anilines is 1. The molecule has 0 saturated carbocycles. The number of carbonyl (C=O) groups is 1. The highest BCUT2D eigenvalue weighted by atomic mass is 35.5. The van der Waals surface area contributed by atoms with Crippen molar-refractivity contribution in [1.82, 2.24) is 10.3 Å². The number of halogens is 1. The van der Waals surface area contributed by atoms with Crippen LogP contribution >= 0.6 is 23.8 Å². The predicted molar refractivity (Wildman–Crippen MR) is 94.5 cm³/mol. The Bertz CT molecular complexity index is 890. The van der Waals surface area contributed by atoms with Gasteiger partial charge >= 0.3 is 0 Å². The summed E-state index contributed by atoms with van der Waals surface area (Å²) in [5, 5.41) is 6.31. The molecule has 0 fully saturated rings. The third-order valence-corrected chi connectivity index (χ3v) is 3.48. The molecule has 0 atom stereocenters. The van der Waals surface area contributed by atoms with E-state index in [4.69, 9.17) is 28.2 Å². The number of nitrogens with one attached hydrogen (secondary N) is 2. The Morgan fingerprint density at radius 1 is 1.22 bits per heavy atom. The highest BCUT2D eigenvalue weighted by molar-refractivity contribution is 7.80. The van der Waals surface area contributed by atoms with E-state index in [1.54, 1.807) is 30.3 Å². The number of fused-ring (bicyclic) bond motifs is 1. The molecule has 1 heterocycles. The van der Waals surface area contributed by atoms with Gasteiger partial charge in [0.25, 0.3) is 0 Å². The van der Waals surface area contributed by atoms with Crippen molar-refractivity contribution in [2.45, 2.75) is 6.92 Å². The van der Waals surface area contributed by atoms with Crippen LogP contribution in [-0.4, -0.2) is 16.0 Å². The van der Waals surface area contributed by atoms with Crippen molar-refractivity contribution in [1.29, 1.82) is 0 Å². The Balaban J connectivity index is 1.87. The van der Waals surface area contributed by atoms with Gasteiger partial charge in [0.05, 0.1) is 0 Å². The fraction of sp³-hybridized carbons (Fsp3) is 0.0625. The third-order valence-electron chi connectivity index (χ3n) is 3.03. The second-order valence-corrected chi connectivity index (χ2v) is 5.69. The van der Waals surface area contributed by atoms with Crippen molar-refractivity contribution < 1.29 is 9.21 Å². The van der Waals surface area contributed by atoms with Gasteiger partial charge in [-0.1, -0.05) is 11.6 Å². The van der Waals surface area contributed by atoms with Crippen LogP contribution in [0.5, 0.6) is 0 Å². The van der Waals surface area contributed by atoms with Crippen molar-refractivity contribution >= 4 is 51.6 Å². The molecule has 0 spiro atoms. The maximum absolute atomic E-state index is 11.0. The van der Waals surface area contributed by atoms with Crippen LogP contribution in [-0.2, 0) is 4.79 Å². The number of rotatable bonds is 2. The zero-order chi connectivity index (χ0) is 16.4. The minimum Gasteiger partial charge on any atom is -0.436 e. The average molecular weight is 346 g/mol. The molecule has 0 bridgehead atoms. The van der Waals surface area contributed by atoms with E-state index in [1.807, 2.05) is 12.1 Å². The summed E-state index contributed by atoms with van der Waals surface area (Å²) in [6, 6.07) is 12.6. The number of aromatic nitrogens is 1. The summed E-state index contributed by atoms with van der Waals surface area (Å²) in [5.74, 6) is 0.285. The van der Waals surface area contributed by atoms with E-state index in [-0.39, 0.29) is 11.0 Å². The maximum Gasteiger partial charge on any atom is 0.227 e. The molecule has 2 N–H and O–H groups in total. The van der Waals surface area contributed by atoms with E-state index in [9.17, 15) is 4.79 Å². The Labute approximate surface area is 142 Å². The van der Waals surface area contributed by atoms with Gasteiger partial charge in [-0.2, -0.15) is 0 Å². The lowest BCUT2D eigenvalue weighted by molar-refractivity contribution is -0.117. The van der Waals surface area contributed by atoms with E-state index >= 15 is 0 Å². The molecule has 7 heteroatoms. The molecule has 3 rings (SSSR count). The second-order valence-electron chi connectivity index (χ2n) is 4.84. The van der Waals surface area contributed by atoms with Crippen LogP contribution in [0.3, 0.4) is 0 Å². The molecule has 0 aliphatic rings. The van der Waals surface area contributed by atoms with Gasteiger partial charge in [-0.05, 0) is 54.7 Å². The van der Waals surface area contributed by atoms with Crippen molar-refractivity contribution in [3.05, 3.63) is 47.5 Å². The zero-order valence-electron chi connectivity index (χ0n) is 12.1. The fourth-order valence-electron chi connectivity index (χ4n) is 2.04. The van der Waals surface area contributed by atoms with Crippen LogP contribution in [0.25, 0.3) is 22.6 Å². The van der Waals surface area contributed by atoms with Gasteiger partial charge in [0.2, 0.25) is 11.8 Å². The largest absolute Gasteiger partial charge is 0.436 e. The molecular formula is C16H12ClN3O2S. The van der Waals surface area contributed by atoms with Crippen molar-refractivity contribution in [2.24, 2.45) is 0 Å².